The van der Waals surface area contributed by atoms with Crippen LogP contribution in [-0.4, -0.2) is 33.9 Å². The van der Waals surface area contributed by atoms with E-state index in [1.54, 1.807) is 12.1 Å². The van der Waals surface area contributed by atoms with Gasteiger partial charge in [0.2, 0.25) is 0 Å². The smallest absolute Gasteiger partial charge is 0.175 e. The minimum absolute atomic E-state index is 0.0136. The van der Waals surface area contributed by atoms with Crippen LogP contribution in [0.1, 0.15) is 12.5 Å². The Morgan fingerprint density at radius 1 is 1.29 bits per heavy atom. The summed E-state index contributed by atoms with van der Waals surface area (Å²) in [6, 6.07) is 6.92. The summed E-state index contributed by atoms with van der Waals surface area (Å²) in [6.45, 7) is 3.15. The first-order chi connectivity index (χ1) is 7.86. The zero-order chi connectivity index (χ0) is 12.7. The topological polar surface area (TPSA) is 69.4 Å². The second kappa shape index (κ2) is 4.08. The third kappa shape index (κ3) is 2.10. The van der Waals surface area contributed by atoms with Gasteiger partial charge in [0, 0.05) is 12.3 Å². The number of ether oxygens (including phenoxy) is 1. The van der Waals surface area contributed by atoms with E-state index in [0.717, 1.165) is 5.56 Å². The summed E-state index contributed by atoms with van der Waals surface area (Å²) in [5.41, 5.74) is 6.88. The molecular formula is C12H17NO3S. The molecule has 1 aliphatic heterocycles. The fourth-order valence-electron chi connectivity index (χ4n) is 2.05. The van der Waals surface area contributed by atoms with Gasteiger partial charge in [0.25, 0.3) is 0 Å². The zero-order valence-corrected chi connectivity index (χ0v) is 10.8. The van der Waals surface area contributed by atoms with Crippen LogP contribution in [-0.2, 0) is 20.0 Å². The fourth-order valence-corrected chi connectivity index (χ4v) is 2.68. The summed E-state index contributed by atoms with van der Waals surface area (Å²) >= 11 is 0. The van der Waals surface area contributed by atoms with Crippen molar-refractivity contribution >= 4 is 9.84 Å². The molecule has 17 heavy (non-hydrogen) atoms. The van der Waals surface area contributed by atoms with E-state index < -0.39 is 9.84 Å². The number of hydrogen-bond acceptors (Lipinski definition) is 4. The van der Waals surface area contributed by atoms with Crippen LogP contribution >= 0.6 is 0 Å². The molecule has 94 valence electrons. The highest BCUT2D eigenvalue weighted by atomic mass is 32.2. The molecule has 0 amide bonds. The van der Waals surface area contributed by atoms with Gasteiger partial charge in [-0.3, -0.25) is 0 Å². The normalized spacial score (nSPS) is 20.6. The summed E-state index contributed by atoms with van der Waals surface area (Å²) in [4.78, 5) is 0.335. The molecule has 1 heterocycles. The Morgan fingerprint density at radius 2 is 1.82 bits per heavy atom. The van der Waals surface area contributed by atoms with Crippen molar-refractivity contribution in [3.05, 3.63) is 29.8 Å². The second-order valence-electron chi connectivity index (χ2n) is 4.73. The van der Waals surface area contributed by atoms with Crippen molar-refractivity contribution in [1.82, 2.24) is 0 Å². The molecule has 0 bridgehead atoms. The first-order valence-corrected chi connectivity index (χ1v) is 7.39. The SMILES string of the molecule is CC(N)C1(c2ccc(S(C)(=O)=O)cc2)COC1. The van der Waals surface area contributed by atoms with E-state index >= 15 is 0 Å². The monoisotopic (exact) mass is 255 g/mol. The molecule has 4 nitrogen and oxygen atoms in total. The Bertz CT molecular complexity index is 501. The van der Waals surface area contributed by atoms with Gasteiger partial charge < -0.3 is 10.5 Å². The van der Waals surface area contributed by atoms with Crippen molar-refractivity contribution in [2.45, 2.75) is 23.3 Å². The molecule has 1 aromatic carbocycles. The van der Waals surface area contributed by atoms with Crippen molar-refractivity contribution in [1.29, 1.82) is 0 Å². The average molecular weight is 255 g/mol. The van der Waals surface area contributed by atoms with Crippen LogP contribution < -0.4 is 5.73 Å². The molecule has 1 aromatic rings. The average Bonchev–Trinajstić information content (AvgIpc) is 2.14. The van der Waals surface area contributed by atoms with Crippen molar-refractivity contribution in [3.8, 4) is 0 Å². The summed E-state index contributed by atoms with van der Waals surface area (Å²) in [6.07, 6.45) is 1.20. The van der Waals surface area contributed by atoms with Crippen LogP contribution in [0.5, 0.6) is 0 Å². The molecular weight excluding hydrogens is 238 g/mol. The summed E-state index contributed by atoms with van der Waals surface area (Å²) in [7, 11) is -3.14. The lowest BCUT2D eigenvalue weighted by Crippen LogP contribution is -2.57. The number of nitrogens with two attached hydrogens (primary N) is 1. The van der Waals surface area contributed by atoms with E-state index in [9.17, 15) is 8.42 Å². The molecule has 1 saturated heterocycles. The molecule has 0 spiro atoms. The van der Waals surface area contributed by atoms with Crippen LogP contribution in [0.4, 0.5) is 0 Å². The number of rotatable bonds is 3. The zero-order valence-electron chi connectivity index (χ0n) is 10.0. The van der Waals surface area contributed by atoms with Gasteiger partial charge in [-0.1, -0.05) is 12.1 Å². The van der Waals surface area contributed by atoms with Gasteiger partial charge >= 0.3 is 0 Å². The third-order valence-corrected chi connectivity index (χ3v) is 4.58. The minimum Gasteiger partial charge on any atom is -0.379 e. The van der Waals surface area contributed by atoms with Gasteiger partial charge in [0.1, 0.15) is 0 Å². The highest BCUT2D eigenvalue weighted by Crippen LogP contribution is 2.35. The fraction of sp³-hybridized carbons (Fsp3) is 0.500. The first-order valence-electron chi connectivity index (χ1n) is 5.50. The maximum Gasteiger partial charge on any atom is 0.175 e. The Labute approximate surface area is 102 Å². The maximum absolute atomic E-state index is 11.4. The molecule has 0 aromatic heterocycles. The second-order valence-corrected chi connectivity index (χ2v) is 6.75. The molecule has 0 aliphatic carbocycles. The first kappa shape index (κ1) is 12.5. The van der Waals surface area contributed by atoms with Gasteiger partial charge in [-0.15, -0.1) is 0 Å². The lowest BCUT2D eigenvalue weighted by atomic mass is 9.73. The van der Waals surface area contributed by atoms with Crippen molar-refractivity contribution < 1.29 is 13.2 Å². The largest absolute Gasteiger partial charge is 0.379 e. The number of hydrogen-bond donors (Lipinski definition) is 1. The molecule has 2 N–H and O–H groups in total. The predicted octanol–water partition coefficient (Wildman–Crippen LogP) is 0.705. The van der Waals surface area contributed by atoms with Gasteiger partial charge in [-0.2, -0.15) is 0 Å². The minimum atomic E-state index is -3.14. The Morgan fingerprint density at radius 3 is 2.12 bits per heavy atom. The molecule has 1 aliphatic rings. The molecule has 1 fully saturated rings. The van der Waals surface area contributed by atoms with Crippen LogP contribution in [0, 0.1) is 0 Å². The lowest BCUT2D eigenvalue weighted by molar-refractivity contribution is -0.0701. The van der Waals surface area contributed by atoms with Crippen LogP contribution in [0.2, 0.25) is 0 Å². The van der Waals surface area contributed by atoms with E-state index in [0.29, 0.717) is 18.1 Å². The number of benzene rings is 1. The van der Waals surface area contributed by atoms with E-state index in [1.165, 1.54) is 6.26 Å². The lowest BCUT2D eigenvalue weighted by Gasteiger charge is -2.45. The quantitative estimate of drug-likeness (QED) is 0.863. The molecule has 1 unspecified atom stereocenters. The van der Waals surface area contributed by atoms with E-state index in [2.05, 4.69) is 0 Å². The maximum atomic E-state index is 11.4. The highest BCUT2D eigenvalue weighted by molar-refractivity contribution is 7.90. The van der Waals surface area contributed by atoms with Crippen LogP contribution in [0.3, 0.4) is 0 Å². The van der Waals surface area contributed by atoms with Crippen LogP contribution in [0.15, 0.2) is 29.2 Å². The van der Waals surface area contributed by atoms with Gasteiger partial charge in [0.15, 0.2) is 9.84 Å². The molecule has 0 radical (unpaired) electrons. The Kier molecular flexibility index (Phi) is 3.01. The summed E-state index contributed by atoms with van der Waals surface area (Å²) in [5.74, 6) is 0. The predicted molar refractivity (Wildman–Crippen MR) is 65.7 cm³/mol. The van der Waals surface area contributed by atoms with E-state index in [4.69, 9.17) is 10.5 Å². The molecule has 0 saturated carbocycles. The van der Waals surface area contributed by atoms with E-state index in [-0.39, 0.29) is 11.5 Å². The highest BCUT2D eigenvalue weighted by Gasteiger charge is 2.43. The van der Waals surface area contributed by atoms with Gasteiger partial charge in [-0.25, -0.2) is 8.42 Å². The van der Waals surface area contributed by atoms with Crippen LogP contribution in [0.25, 0.3) is 0 Å². The van der Waals surface area contributed by atoms with Crippen molar-refractivity contribution in [3.63, 3.8) is 0 Å². The van der Waals surface area contributed by atoms with Crippen molar-refractivity contribution in [2.24, 2.45) is 5.73 Å². The van der Waals surface area contributed by atoms with Gasteiger partial charge in [-0.05, 0) is 24.6 Å². The molecule has 5 heteroatoms. The summed E-state index contributed by atoms with van der Waals surface area (Å²) in [5, 5.41) is 0. The summed E-state index contributed by atoms with van der Waals surface area (Å²) < 4.78 is 28.0. The van der Waals surface area contributed by atoms with E-state index in [1.807, 2.05) is 19.1 Å². The van der Waals surface area contributed by atoms with Gasteiger partial charge in [0.05, 0.1) is 23.5 Å². The standard InChI is InChI=1S/C12H17NO3S/c1-9(13)12(7-16-8-12)10-3-5-11(6-4-10)17(2,14)15/h3-6,9H,7-8,13H2,1-2H3. The Hall–Kier alpha value is -0.910. The molecule has 2 rings (SSSR count). The third-order valence-electron chi connectivity index (χ3n) is 3.45. The van der Waals surface area contributed by atoms with Crippen molar-refractivity contribution in [2.75, 3.05) is 19.5 Å². The molecule has 1 atom stereocenters. The Balaban J connectivity index is 2.36. The number of sulfone groups is 1.